The van der Waals surface area contributed by atoms with Gasteiger partial charge in [-0.15, -0.1) is 0 Å². The Morgan fingerprint density at radius 2 is 2.21 bits per heavy atom. The van der Waals surface area contributed by atoms with Crippen molar-refractivity contribution in [2.45, 2.75) is 26.3 Å². The van der Waals surface area contributed by atoms with Crippen molar-refractivity contribution in [2.24, 2.45) is 11.1 Å². The van der Waals surface area contributed by atoms with E-state index in [1.54, 1.807) is 6.07 Å². The normalized spacial score (nSPS) is 22.1. The third-order valence-corrected chi connectivity index (χ3v) is 4.08. The molecule has 2 rings (SSSR count). The molecule has 0 spiro atoms. The maximum absolute atomic E-state index is 11.6. The van der Waals surface area contributed by atoms with Gasteiger partial charge in [0.2, 0.25) is 0 Å². The second kappa shape index (κ2) is 5.21. The molecule has 0 radical (unpaired) electrons. The third-order valence-electron chi connectivity index (χ3n) is 4.08. The second-order valence-corrected chi connectivity index (χ2v) is 5.83. The molecule has 2 N–H and O–H groups in total. The zero-order chi connectivity index (χ0) is 14.0. The molecule has 4 nitrogen and oxygen atoms in total. The minimum atomic E-state index is -0.302. The molecule has 0 aliphatic carbocycles. The lowest BCUT2D eigenvalue weighted by Crippen LogP contribution is -2.53. The van der Waals surface area contributed by atoms with Crippen molar-refractivity contribution in [3.63, 3.8) is 0 Å². The molecule has 0 aromatic heterocycles. The van der Waals surface area contributed by atoms with E-state index in [-0.39, 0.29) is 17.4 Å². The van der Waals surface area contributed by atoms with E-state index in [0.29, 0.717) is 5.56 Å². The van der Waals surface area contributed by atoms with Crippen LogP contribution in [-0.4, -0.2) is 32.2 Å². The number of nitrogens with two attached hydrogens (primary N) is 1. The summed E-state index contributed by atoms with van der Waals surface area (Å²) in [5.41, 5.74) is 8.03. The van der Waals surface area contributed by atoms with E-state index in [4.69, 9.17) is 10.5 Å². The molecule has 1 aromatic carbocycles. The molecule has 1 aliphatic rings. The Kier molecular flexibility index (Phi) is 3.80. The van der Waals surface area contributed by atoms with Gasteiger partial charge in [-0.1, -0.05) is 19.9 Å². The van der Waals surface area contributed by atoms with Gasteiger partial charge in [0.1, 0.15) is 0 Å². The number of rotatable bonds is 2. The second-order valence-electron chi connectivity index (χ2n) is 5.83. The fourth-order valence-corrected chi connectivity index (χ4v) is 2.37. The predicted molar refractivity (Wildman–Crippen MR) is 76.4 cm³/mol. The van der Waals surface area contributed by atoms with Crippen molar-refractivity contribution < 1.29 is 9.53 Å². The minimum absolute atomic E-state index is 0.142. The van der Waals surface area contributed by atoms with Gasteiger partial charge in [-0.05, 0) is 30.0 Å². The van der Waals surface area contributed by atoms with E-state index in [0.717, 1.165) is 25.2 Å². The highest BCUT2D eigenvalue weighted by molar-refractivity contribution is 5.90. The Morgan fingerprint density at radius 3 is 2.84 bits per heavy atom. The molecule has 1 heterocycles. The smallest absolute Gasteiger partial charge is 0.337 e. The van der Waals surface area contributed by atoms with E-state index < -0.39 is 0 Å². The molecule has 0 saturated carbocycles. The molecule has 0 amide bonds. The molecule has 104 valence electrons. The molecule has 1 saturated heterocycles. The van der Waals surface area contributed by atoms with Gasteiger partial charge in [0.05, 0.1) is 12.7 Å². The Labute approximate surface area is 114 Å². The number of carbonyl (C=O) groups excluding carboxylic acids is 1. The Hall–Kier alpha value is -1.55. The van der Waals surface area contributed by atoms with Crippen molar-refractivity contribution in [1.82, 2.24) is 0 Å². The van der Waals surface area contributed by atoms with Gasteiger partial charge >= 0.3 is 5.97 Å². The Morgan fingerprint density at radius 1 is 1.47 bits per heavy atom. The van der Waals surface area contributed by atoms with E-state index in [1.807, 2.05) is 18.2 Å². The number of carbonyl (C=O) groups is 1. The van der Waals surface area contributed by atoms with E-state index in [9.17, 15) is 4.79 Å². The average molecular weight is 262 g/mol. The molecule has 19 heavy (non-hydrogen) atoms. The van der Waals surface area contributed by atoms with Gasteiger partial charge in [0.25, 0.3) is 0 Å². The molecule has 1 fully saturated rings. The first-order chi connectivity index (χ1) is 8.94. The summed E-state index contributed by atoms with van der Waals surface area (Å²) >= 11 is 0. The zero-order valence-electron chi connectivity index (χ0n) is 11.8. The van der Waals surface area contributed by atoms with Gasteiger partial charge in [0, 0.05) is 24.8 Å². The lowest BCUT2D eigenvalue weighted by atomic mass is 9.78. The predicted octanol–water partition coefficient (Wildman–Crippen LogP) is 2.04. The third kappa shape index (κ3) is 2.89. The van der Waals surface area contributed by atoms with Crippen molar-refractivity contribution in [3.05, 3.63) is 29.8 Å². The highest BCUT2D eigenvalue weighted by atomic mass is 16.5. The first-order valence-corrected chi connectivity index (χ1v) is 6.63. The van der Waals surface area contributed by atoms with Gasteiger partial charge in [-0.25, -0.2) is 4.79 Å². The van der Waals surface area contributed by atoms with Crippen LogP contribution in [0.15, 0.2) is 24.3 Å². The van der Waals surface area contributed by atoms with Gasteiger partial charge in [0.15, 0.2) is 0 Å². The van der Waals surface area contributed by atoms with E-state index >= 15 is 0 Å². The highest BCUT2D eigenvalue weighted by Gasteiger charge is 2.33. The van der Waals surface area contributed by atoms with Crippen LogP contribution >= 0.6 is 0 Å². The average Bonchev–Trinajstić information content (AvgIpc) is 2.41. The summed E-state index contributed by atoms with van der Waals surface area (Å²) < 4.78 is 4.75. The van der Waals surface area contributed by atoms with E-state index in [2.05, 4.69) is 18.7 Å². The number of piperidine rings is 1. The van der Waals surface area contributed by atoms with Crippen LogP contribution in [0, 0.1) is 5.41 Å². The molecule has 1 atom stereocenters. The van der Waals surface area contributed by atoms with Crippen LogP contribution in [0.5, 0.6) is 0 Å². The minimum Gasteiger partial charge on any atom is -0.465 e. The maximum Gasteiger partial charge on any atom is 0.337 e. The van der Waals surface area contributed by atoms with Crippen LogP contribution < -0.4 is 10.6 Å². The number of hydrogen-bond donors (Lipinski definition) is 1. The summed E-state index contributed by atoms with van der Waals surface area (Å²) in [7, 11) is 1.40. The summed E-state index contributed by atoms with van der Waals surface area (Å²) in [4.78, 5) is 13.8. The first-order valence-electron chi connectivity index (χ1n) is 6.63. The number of esters is 1. The number of ether oxygens (including phenoxy) is 1. The molecular weight excluding hydrogens is 240 g/mol. The quantitative estimate of drug-likeness (QED) is 0.829. The van der Waals surface area contributed by atoms with Crippen molar-refractivity contribution >= 4 is 11.7 Å². The van der Waals surface area contributed by atoms with Crippen molar-refractivity contribution in [1.29, 1.82) is 0 Å². The van der Waals surface area contributed by atoms with Crippen LogP contribution in [-0.2, 0) is 4.74 Å². The molecule has 1 aliphatic heterocycles. The summed E-state index contributed by atoms with van der Waals surface area (Å²) in [5.74, 6) is -0.302. The number of nitrogens with zero attached hydrogens (tertiary/aromatic N) is 1. The monoisotopic (exact) mass is 262 g/mol. The SMILES string of the molecule is COC(=O)c1cccc(N2CCC(C)(C)C(N)C2)c1. The van der Waals surface area contributed by atoms with Crippen LogP contribution in [0.1, 0.15) is 30.6 Å². The van der Waals surface area contributed by atoms with Gasteiger partial charge in [-0.3, -0.25) is 0 Å². The molecule has 1 unspecified atom stereocenters. The lowest BCUT2D eigenvalue weighted by molar-refractivity contribution is 0.0600. The summed E-state index contributed by atoms with van der Waals surface area (Å²) in [5, 5.41) is 0. The fraction of sp³-hybridized carbons (Fsp3) is 0.533. The number of anilines is 1. The number of hydrogen-bond acceptors (Lipinski definition) is 4. The van der Waals surface area contributed by atoms with Crippen molar-refractivity contribution in [3.8, 4) is 0 Å². The summed E-state index contributed by atoms with van der Waals surface area (Å²) in [6, 6.07) is 7.67. The highest BCUT2D eigenvalue weighted by Crippen LogP contribution is 2.31. The zero-order valence-corrected chi connectivity index (χ0v) is 11.8. The van der Waals surface area contributed by atoms with Crippen LogP contribution in [0.25, 0.3) is 0 Å². The number of benzene rings is 1. The molecule has 0 bridgehead atoms. The largest absolute Gasteiger partial charge is 0.465 e. The van der Waals surface area contributed by atoms with Crippen LogP contribution in [0.2, 0.25) is 0 Å². The standard InChI is InChI=1S/C15H22N2O2/c1-15(2)7-8-17(10-13(15)16)12-6-4-5-11(9-12)14(18)19-3/h4-6,9,13H,7-8,10,16H2,1-3H3. The lowest BCUT2D eigenvalue weighted by Gasteiger charge is -2.43. The fourth-order valence-electron chi connectivity index (χ4n) is 2.37. The Balaban J connectivity index is 2.17. The summed E-state index contributed by atoms with van der Waals surface area (Å²) in [6.07, 6.45) is 1.05. The molecular formula is C15H22N2O2. The summed E-state index contributed by atoms with van der Waals surface area (Å²) in [6.45, 7) is 6.20. The molecule has 1 aromatic rings. The van der Waals surface area contributed by atoms with Crippen molar-refractivity contribution in [2.75, 3.05) is 25.1 Å². The Bertz CT molecular complexity index is 471. The maximum atomic E-state index is 11.6. The van der Waals surface area contributed by atoms with Crippen LogP contribution in [0.3, 0.4) is 0 Å². The first kappa shape index (κ1) is 13.9. The van der Waals surface area contributed by atoms with Gasteiger partial charge < -0.3 is 15.4 Å². The van der Waals surface area contributed by atoms with Crippen LogP contribution in [0.4, 0.5) is 5.69 Å². The topological polar surface area (TPSA) is 55.6 Å². The van der Waals surface area contributed by atoms with Gasteiger partial charge in [-0.2, -0.15) is 0 Å². The molecule has 4 heteroatoms. The van der Waals surface area contributed by atoms with E-state index in [1.165, 1.54) is 7.11 Å². The number of methoxy groups -OCH3 is 1.